The number of rotatable bonds is 14. The minimum Gasteiger partial charge on any atom is -0.396 e. The lowest BCUT2D eigenvalue weighted by atomic mass is 10.00. The third kappa shape index (κ3) is 12.8. The fourth-order valence-corrected chi connectivity index (χ4v) is 2.13. The molecule has 5 N–H and O–H groups in total. The number of hydrogen-bond donors (Lipinski definition) is 5. The summed E-state index contributed by atoms with van der Waals surface area (Å²) >= 11 is 0. The van der Waals surface area contributed by atoms with E-state index in [0.717, 1.165) is 0 Å². The molecule has 0 aromatic carbocycles. The predicted molar refractivity (Wildman–Crippen MR) is 82.1 cm³/mol. The highest BCUT2D eigenvalue weighted by Gasteiger charge is 2.13. The average molecular weight is 319 g/mol. The van der Waals surface area contributed by atoms with Crippen LogP contribution in [0.25, 0.3) is 10.4 Å². The second-order valence-electron chi connectivity index (χ2n) is 5.60. The largest absolute Gasteiger partial charge is 0.396 e. The van der Waals surface area contributed by atoms with Gasteiger partial charge in [-0.3, -0.25) is 0 Å². The summed E-state index contributed by atoms with van der Waals surface area (Å²) in [4.78, 5) is 2.60. The molecule has 8 nitrogen and oxygen atoms in total. The van der Waals surface area contributed by atoms with Gasteiger partial charge in [0.25, 0.3) is 0 Å². The number of nitrogens with zero attached hydrogens (tertiary/aromatic N) is 3. The number of azide groups is 1. The molecule has 0 aromatic heterocycles. The summed E-state index contributed by atoms with van der Waals surface area (Å²) in [7, 11) is 0. The van der Waals surface area contributed by atoms with Crippen LogP contribution in [0.15, 0.2) is 5.11 Å². The molecule has 0 aromatic rings. The molecule has 0 heterocycles. The van der Waals surface area contributed by atoms with E-state index in [2.05, 4.69) is 10.0 Å². The molecule has 130 valence electrons. The normalized spacial score (nSPS) is 16.6. The predicted octanol–water partition coefficient (Wildman–Crippen LogP) is 0.853. The highest BCUT2D eigenvalue weighted by molar-refractivity contribution is 4.67. The molecule has 0 fully saturated rings. The van der Waals surface area contributed by atoms with E-state index in [0.29, 0.717) is 51.4 Å². The van der Waals surface area contributed by atoms with Crippen molar-refractivity contribution in [2.24, 2.45) is 5.11 Å². The third-order valence-electron chi connectivity index (χ3n) is 3.59. The highest BCUT2D eigenvalue weighted by atomic mass is 16.3. The smallest absolute Gasteiger partial charge is 0.0563 e. The summed E-state index contributed by atoms with van der Waals surface area (Å²) in [6.07, 6.45) is 0.884. The average Bonchev–Trinajstić information content (AvgIpc) is 2.49. The van der Waals surface area contributed by atoms with Crippen LogP contribution in [0, 0.1) is 0 Å². The van der Waals surface area contributed by atoms with Crippen molar-refractivity contribution in [2.75, 3.05) is 13.2 Å². The van der Waals surface area contributed by atoms with Crippen LogP contribution < -0.4 is 0 Å². The van der Waals surface area contributed by atoms with E-state index in [-0.39, 0.29) is 13.2 Å². The van der Waals surface area contributed by atoms with Gasteiger partial charge in [-0.1, -0.05) is 5.11 Å². The first kappa shape index (κ1) is 21.1. The van der Waals surface area contributed by atoms with Gasteiger partial charge >= 0.3 is 0 Å². The molecule has 0 saturated carbocycles. The zero-order chi connectivity index (χ0) is 16.8. The van der Waals surface area contributed by atoms with Gasteiger partial charge in [0.15, 0.2) is 0 Å². The summed E-state index contributed by atoms with van der Waals surface area (Å²) in [6, 6.07) is 0. The molecule has 4 atom stereocenters. The molecule has 0 radical (unpaired) electrons. The summed E-state index contributed by atoms with van der Waals surface area (Å²) in [5.74, 6) is 0. The van der Waals surface area contributed by atoms with Crippen LogP contribution in [-0.2, 0) is 0 Å². The Labute approximate surface area is 131 Å². The van der Waals surface area contributed by atoms with Crippen molar-refractivity contribution >= 4 is 0 Å². The lowest BCUT2D eigenvalue weighted by Gasteiger charge is -2.17. The van der Waals surface area contributed by atoms with E-state index < -0.39 is 24.4 Å². The lowest BCUT2D eigenvalue weighted by Crippen LogP contribution is -2.18. The summed E-state index contributed by atoms with van der Waals surface area (Å²) < 4.78 is 0. The molecule has 0 aliphatic rings. The standard InChI is InChI=1S/C14H29N3O5/c15-17-16-9-7-13(21)5-3-11(19)1-2-12(20)4-6-14(22)8-10-18/h11-14,18-22H,1-10H2. The Kier molecular flexibility index (Phi) is 13.2. The molecule has 0 saturated heterocycles. The van der Waals surface area contributed by atoms with Gasteiger partial charge in [-0.2, -0.15) is 0 Å². The number of aliphatic hydroxyl groups is 5. The van der Waals surface area contributed by atoms with Crippen LogP contribution in [0.2, 0.25) is 0 Å². The Balaban J connectivity index is 3.66. The fraction of sp³-hybridized carbons (Fsp3) is 1.00. The van der Waals surface area contributed by atoms with E-state index in [1.165, 1.54) is 0 Å². The highest BCUT2D eigenvalue weighted by Crippen LogP contribution is 2.14. The molecule has 0 aliphatic carbocycles. The number of hydrogen-bond acceptors (Lipinski definition) is 6. The molecule has 22 heavy (non-hydrogen) atoms. The van der Waals surface area contributed by atoms with E-state index in [1.54, 1.807) is 0 Å². The van der Waals surface area contributed by atoms with Crippen molar-refractivity contribution < 1.29 is 25.5 Å². The van der Waals surface area contributed by atoms with Gasteiger partial charge in [-0.25, -0.2) is 0 Å². The van der Waals surface area contributed by atoms with E-state index in [1.807, 2.05) is 0 Å². The Morgan fingerprint density at radius 1 is 0.682 bits per heavy atom. The molecular formula is C14H29N3O5. The maximum absolute atomic E-state index is 9.79. The first-order valence-corrected chi connectivity index (χ1v) is 7.83. The van der Waals surface area contributed by atoms with E-state index >= 15 is 0 Å². The zero-order valence-electron chi connectivity index (χ0n) is 13.0. The molecule has 0 spiro atoms. The molecule has 0 amide bonds. The first-order chi connectivity index (χ1) is 10.5. The van der Waals surface area contributed by atoms with Gasteiger partial charge in [0.05, 0.1) is 24.4 Å². The minimum absolute atomic E-state index is 0.0714. The quantitative estimate of drug-likeness (QED) is 0.183. The van der Waals surface area contributed by atoms with Gasteiger partial charge in [0.2, 0.25) is 0 Å². The van der Waals surface area contributed by atoms with Crippen molar-refractivity contribution in [3.63, 3.8) is 0 Å². The molecule has 4 unspecified atom stereocenters. The zero-order valence-corrected chi connectivity index (χ0v) is 13.0. The molecule has 8 heteroatoms. The maximum Gasteiger partial charge on any atom is 0.0563 e. The maximum atomic E-state index is 9.79. The Hall–Kier alpha value is -0.890. The first-order valence-electron chi connectivity index (χ1n) is 7.83. The van der Waals surface area contributed by atoms with Crippen LogP contribution in [0.1, 0.15) is 51.4 Å². The SMILES string of the molecule is [N-]=[N+]=NCCC(O)CCC(O)CCC(O)CCC(O)CCO. The fourth-order valence-electron chi connectivity index (χ4n) is 2.13. The van der Waals surface area contributed by atoms with Crippen molar-refractivity contribution in [2.45, 2.75) is 75.8 Å². The Morgan fingerprint density at radius 2 is 1.05 bits per heavy atom. The monoisotopic (exact) mass is 319 g/mol. The molecular weight excluding hydrogens is 290 g/mol. The van der Waals surface area contributed by atoms with Gasteiger partial charge in [-0.15, -0.1) is 0 Å². The summed E-state index contributed by atoms with van der Waals surface area (Å²) in [5.41, 5.74) is 8.11. The van der Waals surface area contributed by atoms with E-state index in [9.17, 15) is 20.4 Å². The van der Waals surface area contributed by atoms with Gasteiger partial charge in [0.1, 0.15) is 0 Å². The van der Waals surface area contributed by atoms with Crippen molar-refractivity contribution in [3.8, 4) is 0 Å². The van der Waals surface area contributed by atoms with Crippen LogP contribution in [-0.4, -0.2) is 63.1 Å². The Bertz CT molecular complexity index is 313. The van der Waals surface area contributed by atoms with Crippen LogP contribution >= 0.6 is 0 Å². The van der Waals surface area contributed by atoms with E-state index in [4.69, 9.17) is 10.6 Å². The van der Waals surface area contributed by atoms with Gasteiger partial charge in [-0.05, 0) is 56.9 Å². The second-order valence-corrected chi connectivity index (χ2v) is 5.60. The van der Waals surface area contributed by atoms with Gasteiger partial charge < -0.3 is 25.5 Å². The second kappa shape index (κ2) is 13.8. The van der Waals surface area contributed by atoms with Crippen LogP contribution in [0.4, 0.5) is 0 Å². The summed E-state index contributed by atoms with van der Waals surface area (Å²) in [6.45, 7) is 0.167. The van der Waals surface area contributed by atoms with Gasteiger partial charge in [0, 0.05) is 18.1 Å². The van der Waals surface area contributed by atoms with Crippen molar-refractivity contribution in [1.82, 2.24) is 0 Å². The van der Waals surface area contributed by atoms with Crippen LogP contribution in [0.5, 0.6) is 0 Å². The molecule has 0 bridgehead atoms. The van der Waals surface area contributed by atoms with Crippen molar-refractivity contribution in [1.29, 1.82) is 0 Å². The lowest BCUT2D eigenvalue weighted by molar-refractivity contribution is 0.0701. The Morgan fingerprint density at radius 3 is 1.41 bits per heavy atom. The number of aliphatic hydroxyl groups excluding tert-OH is 5. The molecule has 0 rings (SSSR count). The molecule has 0 aliphatic heterocycles. The third-order valence-corrected chi connectivity index (χ3v) is 3.59. The minimum atomic E-state index is -0.601. The van der Waals surface area contributed by atoms with Crippen molar-refractivity contribution in [3.05, 3.63) is 10.4 Å². The van der Waals surface area contributed by atoms with Crippen LogP contribution in [0.3, 0.4) is 0 Å². The topological polar surface area (TPSA) is 150 Å². The summed E-state index contributed by atoms with van der Waals surface area (Å²) in [5, 5.41) is 50.6.